The first-order valence-electron chi connectivity index (χ1n) is 4.64. The van der Waals surface area contributed by atoms with Crippen LogP contribution in [0.3, 0.4) is 0 Å². The molecule has 1 N–H and O–H groups in total. The molecule has 1 saturated heterocycles. The molecule has 1 aliphatic heterocycles. The number of rotatable bonds is 1. The Bertz CT molecular complexity index is 196. The first-order valence-corrected chi connectivity index (χ1v) is 5.69. The zero-order valence-corrected chi connectivity index (χ0v) is 9.17. The maximum Gasteiger partial charge on any atom is 0.251 e. The summed E-state index contributed by atoms with van der Waals surface area (Å²) in [6, 6.07) is 0.237. The molecule has 3 atom stereocenters. The topological polar surface area (TPSA) is 40.5 Å². The molecule has 1 heterocycles. The number of aliphatic hydroxyl groups excluding tert-OH is 1. The fourth-order valence-corrected chi connectivity index (χ4v) is 2.58. The van der Waals surface area contributed by atoms with Crippen LogP contribution in [0.5, 0.6) is 0 Å². The molecule has 0 saturated carbocycles. The highest BCUT2D eigenvalue weighted by Gasteiger charge is 2.30. The van der Waals surface area contributed by atoms with E-state index in [4.69, 9.17) is 0 Å². The molecular formula is C9H17NO2S. The molecular weight excluding hydrogens is 186 g/mol. The van der Waals surface area contributed by atoms with Gasteiger partial charge in [0.1, 0.15) is 6.10 Å². The average Bonchev–Trinajstić information content (AvgIpc) is 2.08. The summed E-state index contributed by atoms with van der Waals surface area (Å²) in [4.78, 5) is 13.3. The van der Waals surface area contributed by atoms with Gasteiger partial charge >= 0.3 is 0 Å². The molecule has 1 amide bonds. The van der Waals surface area contributed by atoms with Crippen LogP contribution in [0, 0.1) is 0 Å². The Morgan fingerprint density at radius 1 is 1.62 bits per heavy atom. The smallest absolute Gasteiger partial charge is 0.251 e. The van der Waals surface area contributed by atoms with E-state index < -0.39 is 6.10 Å². The molecule has 1 fully saturated rings. The molecule has 0 aromatic heterocycles. The minimum absolute atomic E-state index is 0.139. The van der Waals surface area contributed by atoms with E-state index in [-0.39, 0.29) is 11.9 Å². The van der Waals surface area contributed by atoms with Gasteiger partial charge in [-0.05, 0) is 13.8 Å². The molecule has 0 bridgehead atoms. The van der Waals surface area contributed by atoms with Crippen molar-refractivity contribution in [2.75, 3.05) is 12.3 Å². The van der Waals surface area contributed by atoms with Gasteiger partial charge in [-0.3, -0.25) is 4.79 Å². The highest BCUT2D eigenvalue weighted by Crippen LogP contribution is 2.24. The summed E-state index contributed by atoms with van der Waals surface area (Å²) in [5.74, 6) is 0.837. The fraction of sp³-hybridized carbons (Fsp3) is 0.889. The van der Waals surface area contributed by atoms with Crippen LogP contribution in [0.2, 0.25) is 0 Å². The fourth-order valence-electron chi connectivity index (χ4n) is 1.48. The molecule has 1 aliphatic rings. The molecule has 1 rings (SSSR count). The van der Waals surface area contributed by atoms with Crippen molar-refractivity contribution >= 4 is 17.7 Å². The van der Waals surface area contributed by atoms with Crippen molar-refractivity contribution in [3.05, 3.63) is 0 Å². The number of hydrogen-bond acceptors (Lipinski definition) is 3. The van der Waals surface area contributed by atoms with Crippen molar-refractivity contribution in [1.82, 2.24) is 4.90 Å². The lowest BCUT2D eigenvalue weighted by molar-refractivity contribution is -0.141. The van der Waals surface area contributed by atoms with E-state index in [0.717, 1.165) is 12.3 Å². The average molecular weight is 203 g/mol. The van der Waals surface area contributed by atoms with Crippen LogP contribution in [0.25, 0.3) is 0 Å². The molecule has 0 aromatic carbocycles. The van der Waals surface area contributed by atoms with Crippen LogP contribution in [-0.4, -0.2) is 45.6 Å². The van der Waals surface area contributed by atoms with E-state index in [1.54, 1.807) is 4.90 Å². The third-order valence-electron chi connectivity index (χ3n) is 2.52. The monoisotopic (exact) mass is 203 g/mol. The predicted octanol–water partition coefficient (Wildman–Crippen LogP) is 0.720. The van der Waals surface area contributed by atoms with Crippen molar-refractivity contribution in [1.29, 1.82) is 0 Å². The number of carbonyl (C=O) groups is 1. The van der Waals surface area contributed by atoms with Gasteiger partial charge in [0.05, 0.1) is 0 Å². The standard InChI is InChI=1S/C9H17NO2S/c1-6-8(3)13-5-4-10(6)9(12)7(2)11/h6-8,11H,4-5H2,1-3H3/t6?,7-,8?/m1/s1. The molecule has 0 spiro atoms. The van der Waals surface area contributed by atoms with Gasteiger partial charge < -0.3 is 10.0 Å². The SMILES string of the molecule is CC1SCCN(C(=O)[C@@H](C)O)C1C. The number of aliphatic hydroxyl groups is 1. The summed E-state index contributed by atoms with van der Waals surface area (Å²) in [6.07, 6.45) is -0.863. The van der Waals surface area contributed by atoms with Gasteiger partial charge in [-0.25, -0.2) is 0 Å². The lowest BCUT2D eigenvalue weighted by Gasteiger charge is -2.38. The molecule has 0 radical (unpaired) electrons. The molecule has 0 aliphatic carbocycles. The summed E-state index contributed by atoms with van der Waals surface area (Å²) < 4.78 is 0. The Morgan fingerprint density at radius 2 is 2.23 bits per heavy atom. The van der Waals surface area contributed by atoms with Gasteiger partial charge in [0.15, 0.2) is 0 Å². The maximum atomic E-state index is 11.5. The normalized spacial score (nSPS) is 31.5. The Balaban J connectivity index is 2.62. The van der Waals surface area contributed by atoms with Crippen LogP contribution in [0.4, 0.5) is 0 Å². The zero-order chi connectivity index (χ0) is 10.0. The molecule has 76 valence electrons. The van der Waals surface area contributed by atoms with Crippen LogP contribution in [-0.2, 0) is 4.79 Å². The number of hydrogen-bond donors (Lipinski definition) is 1. The Morgan fingerprint density at radius 3 is 2.77 bits per heavy atom. The highest BCUT2D eigenvalue weighted by molar-refractivity contribution is 8.00. The molecule has 13 heavy (non-hydrogen) atoms. The molecule has 4 heteroatoms. The molecule has 0 aromatic rings. The van der Waals surface area contributed by atoms with Gasteiger partial charge in [0, 0.05) is 23.6 Å². The van der Waals surface area contributed by atoms with Crippen LogP contribution in [0.15, 0.2) is 0 Å². The minimum atomic E-state index is -0.863. The number of thioether (sulfide) groups is 1. The van der Waals surface area contributed by atoms with Gasteiger partial charge in [-0.15, -0.1) is 0 Å². The highest BCUT2D eigenvalue weighted by atomic mass is 32.2. The van der Waals surface area contributed by atoms with E-state index in [1.165, 1.54) is 6.92 Å². The molecule has 2 unspecified atom stereocenters. The van der Waals surface area contributed by atoms with Crippen LogP contribution < -0.4 is 0 Å². The second-order valence-corrected chi connectivity index (χ2v) is 5.01. The third-order valence-corrected chi connectivity index (χ3v) is 3.86. The van der Waals surface area contributed by atoms with Crippen molar-refractivity contribution in [3.63, 3.8) is 0 Å². The van der Waals surface area contributed by atoms with E-state index in [1.807, 2.05) is 18.7 Å². The van der Waals surface area contributed by atoms with Gasteiger partial charge in [0.2, 0.25) is 0 Å². The second kappa shape index (κ2) is 4.33. The van der Waals surface area contributed by atoms with Crippen molar-refractivity contribution in [2.45, 2.75) is 38.2 Å². The molecule has 3 nitrogen and oxygen atoms in total. The first kappa shape index (κ1) is 10.9. The predicted molar refractivity (Wildman–Crippen MR) is 54.8 cm³/mol. The van der Waals surface area contributed by atoms with Crippen LogP contribution in [0.1, 0.15) is 20.8 Å². The first-order chi connectivity index (χ1) is 6.04. The van der Waals surface area contributed by atoms with Crippen molar-refractivity contribution in [3.8, 4) is 0 Å². The van der Waals surface area contributed by atoms with Gasteiger partial charge in [-0.1, -0.05) is 6.92 Å². The number of nitrogens with zero attached hydrogens (tertiary/aromatic N) is 1. The van der Waals surface area contributed by atoms with Gasteiger partial charge in [-0.2, -0.15) is 11.8 Å². The number of amides is 1. The Hall–Kier alpha value is -0.220. The minimum Gasteiger partial charge on any atom is -0.384 e. The zero-order valence-electron chi connectivity index (χ0n) is 8.36. The van der Waals surface area contributed by atoms with E-state index >= 15 is 0 Å². The third kappa shape index (κ3) is 2.38. The Kier molecular flexibility index (Phi) is 3.62. The largest absolute Gasteiger partial charge is 0.384 e. The number of carbonyl (C=O) groups excluding carboxylic acids is 1. The van der Waals surface area contributed by atoms with Crippen molar-refractivity contribution < 1.29 is 9.90 Å². The lowest BCUT2D eigenvalue weighted by Crippen LogP contribution is -2.50. The summed E-state index contributed by atoms with van der Waals surface area (Å²) in [5.41, 5.74) is 0. The van der Waals surface area contributed by atoms with Crippen LogP contribution >= 0.6 is 11.8 Å². The second-order valence-electron chi connectivity index (χ2n) is 3.52. The summed E-state index contributed by atoms with van der Waals surface area (Å²) in [5, 5.41) is 9.65. The maximum absolute atomic E-state index is 11.5. The van der Waals surface area contributed by atoms with Crippen molar-refractivity contribution in [2.24, 2.45) is 0 Å². The summed E-state index contributed by atoms with van der Waals surface area (Å²) >= 11 is 1.88. The van der Waals surface area contributed by atoms with E-state index in [2.05, 4.69) is 6.92 Å². The summed E-state index contributed by atoms with van der Waals surface area (Å²) in [6.45, 7) is 6.45. The summed E-state index contributed by atoms with van der Waals surface area (Å²) in [7, 11) is 0. The Labute approximate surface area is 83.5 Å². The van der Waals surface area contributed by atoms with E-state index in [0.29, 0.717) is 5.25 Å². The van der Waals surface area contributed by atoms with E-state index in [9.17, 15) is 9.90 Å². The quantitative estimate of drug-likeness (QED) is 0.682. The lowest BCUT2D eigenvalue weighted by atomic mass is 10.2. The van der Waals surface area contributed by atoms with Gasteiger partial charge in [0.25, 0.3) is 5.91 Å².